The number of carbonyl (C=O) groups is 2. The van der Waals surface area contributed by atoms with Gasteiger partial charge in [-0.25, -0.2) is 0 Å². The first kappa shape index (κ1) is 19.2. The van der Waals surface area contributed by atoms with E-state index in [9.17, 15) is 9.59 Å². The number of anilines is 2. The molecule has 2 amide bonds. The van der Waals surface area contributed by atoms with Crippen LogP contribution in [0, 0.1) is 11.3 Å². The Hall–Kier alpha value is -2.89. The van der Waals surface area contributed by atoms with E-state index in [-0.39, 0.29) is 18.0 Å². The molecule has 0 spiro atoms. The highest BCUT2D eigenvalue weighted by Crippen LogP contribution is 2.14. The van der Waals surface area contributed by atoms with Gasteiger partial charge >= 0.3 is 0 Å². The van der Waals surface area contributed by atoms with Crippen LogP contribution in [0.25, 0.3) is 0 Å². The van der Waals surface area contributed by atoms with Crippen LogP contribution in [-0.4, -0.2) is 38.9 Å². The van der Waals surface area contributed by atoms with Crippen LogP contribution in [0.15, 0.2) is 36.0 Å². The third-order valence-electron chi connectivity index (χ3n) is 2.88. The molecule has 1 aromatic rings. The molecule has 128 valence electrons. The van der Waals surface area contributed by atoms with Crippen molar-refractivity contribution in [1.29, 1.82) is 5.26 Å². The maximum Gasteiger partial charge on any atom is 0.267 e. The molecule has 0 aromatic heterocycles. The Kier molecular flexibility index (Phi) is 7.98. The van der Waals surface area contributed by atoms with Gasteiger partial charge in [0.25, 0.3) is 5.91 Å². The maximum atomic E-state index is 12.0. The van der Waals surface area contributed by atoms with Gasteiger partial charge in [0.2, 0.25) is 5.91 Å². The molecule has 0 bridgehead atoms. The highest BCUT2D eigenvalue weighted by molar-refractivity contribution is 6.06. The Morgan fingerprint density at radius 2 is 1.71 bits per heavy atom. The largest absolute Gasteiger partial charge is 0.385 e. The van der Waals surface area contributed by atoms with E-state index in [0.29, 0.717) is 11.4 Å². The zero-order chi connectivity index (χ0) is 17.9. The number of rotatable bonds is 8. The van der Waals surface area contributed by atoms with Gasteiger partial charge in [0.15, 0.2) is 6.29 Å². The van der Waals surface area contributed by atoms with Crippen LogP contribution in [0.1, 0.15) is 6.92 Å². The fraction of sp³-hybridized carbons (Fsp3) is 0.312. The van der Waals surface area contributed by atoms with E-state index in [4.69, 9.17) is 14.7 Å². The number of hydrogen-bond acceptors (Lipinski definition) is 6. The molecule has 0 radical (unpaired) electrons. The van der Waals surface area contributed by atoms with Crippen molar-refractivity contribution < 1.29 is 19.1 Å². The van der Waals surface area contributed by atoms with Crippen LogP contribution in [-0.2, 0) is 19.1 Å². The topological polar surface area (TPSA) is 112 Å². The minimum absolute atomic E-state index is 0.0908. The van der Waals surface area contributed by atoms with E-state index in [1.165, 1.54) is 27.3 Å². The highest BCUT2D eigenvalue weighted by atomic mass is 16.7. The molecule has 0 unspecified atom stereocenters. The average molecular weight is 332 g/mol. The molecule has 0 fully saturated rings. The van der Waals surface area contributed by atoms with E-state index in [1.807, 2.05) is 6.07 Å². The standard InChI is InChI=1S/C16H20N4O4/c1-11(21)19-13-4-6-14(7-5-13)20-16(22)12(8-17)9-18-10-15(23-2)24-3/h4-7,9,15,18H,10H2,1-3H3,(H,19,21)(H,20,22)/b12-9-. The van der Waals surface area contributed by atoms with E-state index >= 15 is 0 Å². The molecular formula is C16H20N4O4. The molecule has 8 heteroatoms. The first-order chi connectivity index (χ1) is 11.5. The van der Waals surface area contributed by atoms with Gasteiger partial charge in [-0.15, -0.1) is 0 Å². The number of methoxy groups -OCH3 is 2. The van der Waals surface area contributed by atoms with Crippen molar-refractivity contribution in [2.75, 3.05) is 31.4 Å². The van der Waals surface area contributed by atoms with Crippen LogP contribution in [0.5, 0.6) is 0 Å². The van der Waals surface area contributed by atoms with Crippen LogP contribution in [0.3, 0.4) is 0 Å². The average Bonchev–Trinajstić information content (AvgIpc) is 2.56. The molecule has 0 atom stereocenters. The van der Waals surface area contributed by atoms with Crippen LogP contribution >= 0.6 is 0 Å². The predicted molar refractivity (Wildman–Crippen MR) is 88.9 cm³/mol. The summed E-state index contributed by atoms with van der Waals surface area (Å²) >= 11 is 0. The van der Waals surface area contributed by atoms with Crippen molar-refractivity contribution in [2.45, 2.75) is 13.2 Å². The Balaban J connectivity index is 2.63. The normalized spacial score (nSPS) is 10.9. The predicted octanol–water partition coefficient (Wildman–Crippen LogP) is 1.20. The summed E-state index contributed by atoms with van der Waals surface area (Å²) in [6.45, 7) is 1.70. The molecule has 0 saturated carbocycles. The Morgan fingerprint density at radius 1 is 1.17 bits per heavy atom. The van der Waals surface area contributed by atoms with Gasteiger partial charge in [-0.05, 0) is 24.3 Å². The first-order valence-corrected chi connectivity index (χ1v) is 7.08. The number of benzene rings is 1. The van der Waals surface area contributed by atoms with E-state index < -0.39 is 12.2 Å². The van der Waals surface area contributed by atoms with Gasteiger partial charge in [0.1, 0.15) is 11.6 Å². The smallest absolute Gasteiger partial charge is 0.267 e. The molecule has 0 aliphatic rings. The van der Waals surface area contributed by atoms with Crippen molar-refractivity contribution in [1.82, 2.24) is 5.32 Å². The highest BCUT2D eigenvalue weighted by Gasteiger charge is 2.10. The number of carbonyl (C=O) groups excluding carboxylic acids is 2. The molecule has 8 nitrogen and oxygen atoms in total. The fourth-order valence-electron chi connectivity index (χ4n) is 1.71. The Labute approximate surface area is 140 Å². The Bertz CT molecular complexity index is 630. The summed E-state index contributed by atoms with van der Waals surface area (Å²) in [6.07, 6.45) is 0.817. The summed E-state index contributed by atoms with van der Waals surface area (Å²) in [6, 6.07) is 8.35. The molecule has 24 heavy (non-hydrogen) atoms. The number of ether oxygens (including phenoxy) is 2. The molecule has 0 saturated heterocycles. The van der Waals surface area contributed by atoms with Crippen LogP contribution in [0.4, 0.5) is 11.4 Å². The zero-order valence-corrected chi connectivity index (χ0v) is 13.8. The quantitative estimate of drug-likeness (QED) is 0.374. The minimum atomic E-state index is -0.552. The van der Waals surface area contributed by atoms with E-state index in [2.05, 4.69) is 16.0 Å². The van der Waals surface area contributed by atoms with Gasteiger partial charge in [-0.2, -0.15) is 5.26 Å². The number of hydrogen-bond donors (Lipinski definition) is 3. The Morgan fingerprint density at radius 3 is 2.17 bits per heavy atom. The monoisotopic (exact) mass is 332 g/mol. The summed E-state index contributed by atoms with van der Waals surface area (Å²) in [5.41, 5.74) is 1.03. The van der Waals surface area contributed by atoms with Gasteiger partial charge in [-0.3, -0.25) is 9.59 Å². The summed E-state index contributed by atoms with van der Waals surface area (Å²) in [5, 5.41) is 17.1. The van der Waals surface area contributed by atoms with Crippen molar-refractivity contribution in [3.8, 4) is 6.07 Å². The lowest BCUT2D eigenvalue weighted by Crippen LogP contribution is -2.27. The van der Waals surface area contributed by atoms with E-state index in [0.717, 1.165) is 0 Å². The number of nitrogens with zero attached hydrogens (tertiary/aromatic N) is 1. The summed E-state index contributed by atoms with van der Waals surface area (Å²) in [7, 11) is 2.98. The first-order valence-electron chi connectivity index (χ1n) is 7.08. The summed E-state index contributed by atoms with van der Waals surface area (Å²) in [5.74, 6) is -0.735. The molecule has 1 aromatic carbocycles. The lowest BCUT2D eigenvalue weighted by Gasteiger charge is -2.13. The molecule has 0 aliphatic heterocycles. The van der Waals surface area contributed by atoms with Gasteiger partial charge in [0.05, 0.1) is 6.54 Å². The minimum Gasteiger partial charge on any atom is -0.385 e. The van der Waals surface area contributed by atoms with Crippen LogP contribution < -0.4 is 16.0 Å². The fourth-order valence-corrected chi connectivity index (χ4v) is 1.71. The number of amides is 2. The molecule has 1 rings (SSSR count). The molecular weight excluding hydrogens is 312 g/mol. The third kappa shape index (κ3) is 6.48. The lowest BCUT2D eigenvalue weighted by molar-refractivity contribution is -0.114. The maximum absolute atomic E-state index is 12.0. The SMILES string of the molecule is COC(CN/C=C(/C#N)C(=O)Nc1ccc(NC(C)=O)cc1)OC. The number of nitrogens with one attached hydrogen (secondary N) is 3. The second-order valence-electron chi connectivity index (χ2n) is 4.69. The number of nitriles is 1. The van der Waals surface area contributed by atoms with E-state index in [1.54, 1.807) is 24.3 Å². The van der Waals surface area contributed by atoms with Crippen molar-refractivity contribution in [3.63, 3.8) is 0 Å². The second kappa shape index (κ2) is 9.99. The van der Waals surface area contributed by atoms with Gasteiger partial charge in [-0.1, -0.05) is 0 Å². The third-order valence-corrected chi connectivity index (χ3v) is 2.88. The van der Waals surface area contributed by atoms with Crippen molar-refractivity contribution in [2.24, 2.45) is 0 Å². The zero-order valence-electron chi connectivity index (χ0n) is 13.8. The molecule has 0 heterocycles. The van der Waals surface area contributed by atoms with Gasteiger partial charge < -0.3 is 25.4 Å². The summed E-state index contributed by atoms with van der Waals surface area (Å²) in [4.78, 5) is 23.0. The summed E-state index contributed by atoms with van der Waals surface area (Å²) < 4.78 is 9.96. The molecule has 3 N–H and O–H groups in total. The van der Waals surface area contributed by atoms with Gasteiger partial charge in [0, 0.05) is 38.7 Å². The molecule has 0 aliphatic carbocycles. The lowest BCUT2D eigenvalue weighted by atomic mass is 10.2. The second-order valence-corrected chi connectivity index (χ2v) is 4.69. The van der Waals surface area contributed by atoms with Crippen LogP contribution in [0.2, 0.25) is 0 Å². The van der Waals surface area contributed by atoms with Crippen molar-refractivity contribution in [3.05, 3.63) is 36.0 Å². The van der Waals surface area contributed by atoms with Crippen molar-refractivity contribution >= 4 is 23.2 Å².